The van der Waals surface area contributed by atoms with Crippen molar-refractivity contribution < 1.29 is 9.90 Å². The Bertz CT molecular complexity index is 634. The van der Waals surface area contributed by atoms with E-state index in [-0.39, 0.29) is 11.7 Å². The highest BCUT2D eigenvalue weighted by molar-refractivity contribution is 8.18. The lowest BCUT2D eigenvalue weighted by Gasteiger charge is -2.34. The van der Waals surface area contributed by atoms with Crippen molar-refractivity contribution in [2.24, 2.45) is 4.99 Å². The van der Waals surface area contributed by atoms with E-state index >= 15 is 0 Å². The van der Waals surface area contributed by atoms with Gasteiger partial charge < -0.3 is 14.9 Å². The number of phenolic OH excluding ortho intramolecular Hbond substituents is 1. The van der Waals surface area contributed by atoms with Crippen molar-refractivity contribution in [2.45, 2.75) is 6.92 Å². The van der Waals surface area contributed by atoms with Crippen LogP contribution in [0, 0.1) is 0 Å². The van der Waals surface area contributed by atoms with Crippen molar-refractivity contribution in [2.75, 3.05) is 32.7 Å². The van der Waals surface area contributed by atoms with E-state index in [1.807, 2.05) is 6.07 Å². The third-order valence-electron chi connectivity index (χ3n) is 3.87. The molecule has 2 heterocycles. The van der Waals surface area contributed by atoms with E-state index in [9.17, 15) is 9.90 Å². The van der Waals surface area contributed by atoms with Gasteiger partial charge in [0.1, 0.15) is 5.75 Å². The molecule has 1 aromatic rings. The molecule has 1 saturated heterocycles. The van der Waals surface area contributed by atoms with Crippen molar-refractivity contribution in [1.29, 1.82) is 0 Å². The van der Waals surface area contributed by atoms with Crippen LogP contribution in [0.25, 0.3) is 6.08 Å². The summed E-state index contributed by atoms with van der Waals surface area (Å²) in [5.74, 6) is 0.00268. The Hall–Kier alpha value is -1.79. The Morgan fingerprint density at radius 3 is 2.77 bits per heavy atom. The highest BCUT2D eigenvalue weighted by atomic mass is 32.2. The lowest BCUT2D eigenvalue weighted by atomic mass is 10.2. The van der Waals surface area contributed by atoms with Gasteiger partial charge in [-0.25, -0.2) is 0 Å². The fourth-order valence-electron chi connectivity index (χ4n) is 2.55. The number of hydrogen-bond donors (Lipinski definition) is 1. The summed E-state index contributed by atoms with van der Waals surface area (Å²) in [7, 11) is 0. The van der Waals surface area contributed by atoms with Gasteiger partial charge in [0.05, 0.1) is 4.91 Å². The molecule has 0 aromatic heterocycles. The van der Waals surface area contributed by atoms with Gasteiger partial charge in [-0.1, -0.05) is 19.1 Å². The van der Waals surface area contributed by atoms with Crippen molar-refractivity contribution in [3.63, 3.8) is 0 Å². The van der Waals surface area contributed by atoms with Gasteiger partial charge in [-0.15, -0.1) is 0 Å². The number of aliphatic imine (C=N–C) groups is 1. The fourth-order valence-corrected chi connectivity index (χ4v) is 3.52. The van der Waals surface area contributed by atoms with Gasteiger partial charge >= 0.3 is 0 Å². The molecule has 5 nitrogen and oxygen atoms in total. The second-order valence-electron chi connectivity index (χ2n) is 5.33. The zero-order chi connectivity index (χ0) is 15.5. The van der Waals surface area contributed by atoms with E-state index in [0.29, 0.717) is 4.91 Å². The number of amidine groups is 1. The molecule has 3 rings (SSSR count). The van der Waals surface area contributed by atoms with E-state index < -0.39 is 0 Å². The number of thioether (sulfide) groups is 1. The summed E-state index contributed by atoms with van der Waals surface area (Å²) in [6.45, 7) is 7.07. The van der Waals surface area contributed by atoms with Crippen LogP contribution >= 0.6 is 11.8 Å². The second-order valence-corrected chi connectivity index (χ2v) is 6.34. The van der Waals surface area contributed by atoms with Crippen LogP contribution in [0.4, 0.5) is 0 Å². The van der Waals surface area contributed by atoms with Crippen LogP contribution in [-0.2, 0) is 4.79 Å². The van der Waals surface area contributed by atoms with Crippen LogP contribution in [-0.4, -0.2) is 58.7 Å². The molecule has 1 N–H and O–H groups in total. The normalized spacial score (nSPS) is 21.5. The van der Waals surface area contributed by atoms with Crippen LogP contribution in [0.2, 0.25) is 0 Å². The average Bonchev–Trinajstić information content (AvgIpc) is 2.88. The summed E-state index contributed by atoms with van der Waals surface area (Å²) in [5.41, 5.74) is 0.808. The monoisotopic (exact) mass is 317 g/mol. The van der Waals surface area contributed by atoms with Crippen molar-refractivity contribution in [3.8, 4) is 5.75 Å². The Balaban J connectivity index is 1.69. The number of nitrogens with zero attached hydrogens (tertiary/aromatic N) is 3. The van der Waals surface area contributed by atoms with Crippen LogP contribution in [0.3, 0.4) is 0 Å². The number of amides is 1. The molecule has 1 fully saturated rings. The van der Waals surface area contributed by atoms with Gasteiger partial charge in [-0.2, -0.15) is 4.99 Å². The third-order valence-corrected chi connectivity index (χ3v) is 4.91. The zero-order valence-electron chi connectivity index (χ0n) is 12.5. The maximum absolute atomic E-state index is 12.1. The van der Waals surface area contributed by atoms with Crippen molar-refractivity contribution in [3.05, 3.63) is 34.7 Å². The van der Waals surface area contributed by atoms with E-state index in [0.717, 1.165) is 43.5 Å². The molecule has 0 atom stereocenters. The van der Waals surface area contributed by atoms with Crippen LogP contribution in [0.1, 0.15) is 12.5 Å². The second kappa shape index (κ2) is 6.54. The van der Waals surface area contributed by atoms with Gasteiger partial charge in [0.15, 0.2) is 5.17 Å². The fraction of sp³-hybridized carbons (Fsp3) is 0.375. The number of phenols is 1. The van der Waals surface area contributed by atoms with Gasteiger partial charge in [0, 0.05) is 26.2 Å². The molecular weight excluding hydrogens is 298 g/mol. The van der Waals surface area contributed by atoms with Gasteiger partial charge in [0.2, 0.25) is 0 Å². The standard InChI is InChI=1S/C16H19N3O2S/c1-2-18-6-8-19(9-7-18)16-17-15(21)14(22-16)11-12-4-3-5-13(20)10-12/h3-5,10-11,20H,2,6-9H2,1H3. The summed E-state index contributed by atoms with van der Waals surface area (Å²) in [4.78, 5) is 21.4. The van der Waals surface area contributed by atoms with Gasteiger partial charge in [-0.05, 0) is 42.1 Å². The molecule has 2 aliphatic rings. The molecule has 6 heteroatoms. The van der Waals surface area contributed by atoms with E-state index in [1.54, 1.807) is 24.3 Å². The number of aromatic hydroxyl groups is 1. The molecule has 0 spiro atoms. The molecule has 0 bridgehead atoms. The quantitative estimate of drug-likeness (QED) is 0.846. The van der Waals surface area contributed by atoms with Crippen LogP contribution in [0.15, 0.2) is 34.2 Å². The Kier molecular flexibility index (Phi) is 4.49. The first-order valence-electron chi connectivity index (χ1n) is 7.44. The number of hydrogen-bond acceptors (Lipinski definition) is 5. The minimum Gasteiger partial charge on any atom is -0.508 e. The average molecular weight is 317 g/mol. The smallest absolute Gasteiger partial charge is 0.286 e. The highest BCUT2D eigenvalue weighted by Gasteiger charge is 2.28. The summed E-state index contributed by atoms with van der Waals surface area (Å²) in [6.07, 6.45) is 1.78. The molecule has 0 aliphatic carbocycles. The molecule has 2 aliphatic heterocycles. The molecule has 0 radical (unpaired) electrons. The first-order chi connectivity index (χ1) is 10.7. The first kappa shape index (κ1) is 15.1. The Morgan fingerprint density at radius 1 is 1.32 bits per heavy atom. The molecule has 22 heavy (non-hydrogen) atoms. The summed E-state index contributed by atoms with van der Waals surface area (Å²) >= 11 is 1.42. The minimum absolute atomic E-state index is 0.193. The van der Waals surface area contributed by atoms with Crippen LogP contribution in [0.5, 0.6) is 5.75 Å². The van der Waals surface area contributed by atoms with Gasteiger partial charge in [0.25, 0.3) is 5.91 Å². The summed E-state index contributed by atoms with van der Waals surface area (Å²) in [5, 5.41) is 10.3. The SMILES string of the molecule is CCN1CCN(C2=NC(=O)C(=Cc3cccc(O)c3)S2)CC1. The molecule has 0 saturated carbocycles. The number of carbonyl (C=O) groups is 1. The Labute approximate surface area is 134 Å². The largest absolute Gasteiger partial charge is 0.508 e. The number of benzene rings is 1. The number of carbonyl (C=O) groups excluding carboxylic acids is 1. The number of rotatable bonds is 2. The predicted molar refractivity (Wildman–Crippen MR) is 89.8 cm³/mol. The molecule has 1 amide bonds. The highest BCUT2D eigenvalue weighted by Crippen LogP contribution is 2.31. The maximum atomic E-state index is 12.1. The van der Waals surface area contributed by atoms with E-state index in [4.69, 9.17) is 0 Å². The van der Waals surface area contributed by atoms with Crippen molar-refractivity contribution >= 4 is 28.9 Å². The minimum atomic E-state index is -0.193. The third kappa shape index (κ3) is 3.34. The lowest BCUT2D eigenvalue weighted by molar-refractivity contribution is -0.113. The summed E-state index contributed by atoms with van der Waals surface area (Å²) in [6, 6.07) is 6.87. The number of likely N-dealkylation sites (N-methyl/N-ethyl adjacent to an activating group) is 1. The zero-order valence-corrected chi connectivity index (χ0v) is 13.3. The molecular formula is C16H19N3O2S. The topological polar surface area (TPSA) is 56.1 Å². The van der Waals surface area contributed by atoms with E-state index in [2.05, 4.69) is 21.7 Å². The predicted octanol–water partition coefficient (Wildman–Crippen LogP) is 2.00. The van der Waals surface area contributed by atoms with Crippen molar-refractivity contribution in [1.82, 2.24) is 9.80 Å². The van der Waals surface area contributed by atoms with Gasteiger partial charge in [-0.3, -0.25) is 4.79 Å². The molecule has 1 aromatic carbocycles. The van der Waals surface area contributed by atoms with E-state index in [1.165, 1.54) is 11.8 Å². The molecule has 116 valence electrons. The van der Waals surface area contributed by atoms with Crippen LogP contribution < -0.4 is 0 Å². The lowest BCUT2D eigenvalue weighted by Crippen LogP contribution is -2.47. The number of piperazine rings is 1. The molecule has 0 unspecified atom stereocenters. The Morgan fingerprint density at radius 2 is 2.09 bits per heavy atom. The first-order valence-corrected chi connectivity index (χ1v) is 8.26. The summed E-state index contributed by atoms with van der Waals surface area (Å²) < 4.78 is 0. The maximum Gasteiger partial charge on any atom is 0.286 e.